The molecule has 0 fully saturated rings. The van der Waals surface area contributed by atoms with E-state index in [-0.39, 0.29) is 11.1 Å². The second kappa shape index (κ2) is 3.13. The van der Waals surface area contributed by atoms with Crippen molar-refractivity contribution in [3.8, 4) is 6.07 Å². The summed E-state index contributed by atoms with van der Waals surface area (Å²) in [5, 5.41) is 8.50. The quantitative estimate of drug-likeness (QED) is 0.611. The Hall–Kier alpha value is -1.44. The van der Waals surface area contributed by atoms with Gasteiger partial charge in [-0.25, -0.2) is 0 Å². The van der Waals surface area contributed by atoms with E-state index in [0.29, 0.717) is 0 Å². The third-order valence-electron chi connectivity index (χ3n) is 1.85. The molecule has 0 unspecified atom stereocenters. The monoisotopic (exact) mass is 184 g/mol. The van der Waals surface area contributed by atoms with Crippen LogP contribution in [0, 0.1) is 18.3 Å². The maximum absolute atomic E-state index is 12.3. The van der Waals surface area contributed by atoms with E-state index in [9.17, 15) is 12.9 Å². The first kappa shape index (κ1) is 9.65. The second-order valence-corrected chi connectivity index (χ2v) is 2.71. The van der Waals surface area contributed by atoms with Gasteiger partial charge in [-0.3, -0.25) is 0 Å². The first-order valence-electron chi connectivity index (χ1n) is 3.66. The molecule has 0 amide bonds. The molecule has 0 spiro atoms. The zero-order chi connectivity index (χ0) is 10.1. The van der Waals surface area contributed by atoms with Crippen molar-refractivity contribution < 1.29 is 12.9 Å². The molecule has 0 aliphatic rings. The predicted molar refractivity (Wildman–Crippen MR) is 44.6 cm³/mol. The van der Waals surface area contributed by atoms with E-state index in [1.54, 1.807) is 6.07 Å². The molecule has 0 N–H and O–H groups in total. The van der Waals surface area contributed by atoms with Crippen molar-refractivity contribution in [1.82, 2.24) is 0 Å². The average molecular weight is 184 g/mol. The molecular formula is C8H6BF3N-. The topological polar surface area (TPSA) is 23.8 Å². The Labute approximate surface area is 73.9 Å². The third kappa shape index (κ3) is 1.83. The van der Waals surface area contributed by atoms with Gasteiger partial charge in [0.15, 0.2) is 0 Å². The van der Waals surface area contributed by atoms with Crippen LogP contribution in [0.5, 0.6) is 0 Å². The van der Waals surface area contributed by atoms with Crippen molar-refractivity contribution in [1.29, 1.82) is 5.26 Å². The summed E-state index contributed by atoms with van der Waals surface area (Å²) < 4.78 is 37.0. The number of halogens is 3. The van der Waals surface area contributed by atoms with Crippen LogP contribution in [0.15, 0.2) is 18.2 Å². The largest absolute Gasteiger partial charge is 0.509 e. The summed E-state index contributed by atoms with van der Waals surface area (Å²) in [5.74, 6) is 0. The minimum atomic E-state index is -5.01. The van der Waals surface area contributed by atoms with Crippen molar-refractivity contribution in [2.24, 2.45) is 0 Å². The average Bonchev–Trinajstić information content (AvgIpc) is 2.02. The molecule has 1 aromatic carbocycles. The van der Waals surface area contributed by atoms with Gasteiger partial charge in [-0.1, -0.05) is 17.7 Å². The van der Waals surface area contributed by atoms with Gasteiger partial charge in [-0.15, -0.1) is 5.46 Å². The molecular weight excluding hydrogens is 178 g/mol. The van der Waals surface area contributed by atoms with Crippen LogP contribution < -0.4 is 5.46 Å². The molecule has 0 atom stereocenters. The van der Waals surface area contributed by atoms with E-state index in [4.69, 9.17) is 5.26 Å². The van der Waals surface area contributed by atoms with E-state index >= 15 is 0 Å². The summed E-state index contributed by atoms with van der Waals surface area (Å²) in [6.07, 6.45) is 0. The van der Waals surface area contributed by atoms with Crippen LogP contribution in [-0.2, 0) is 0 Å². The van der Waals surface area contributed by atoms with Gasteiger partial charge >= 0.3 is 6.98 Å². The highest BCUT2D eigenvalue weighted by atomic mass is 19.4. The Kier molecular flexibility index (Phi) is 2.33. The number of hydrogen-bond acceptors (Lipinski definition) is 1. The van der Waals surface area contributed by atoms with Gasteiger partial charge in [0.2, 0.25) is 0 Å². The summed E-state index contributed by atoms with van der Waals surface area (Å²) in [7, 11) is 0. The van der Waals surface area contributed by atoms with Gasteiger partial charge in [0.05, 0.1) is 11.6 Å². The normalized spacial score (nSPS) is 11.0. The molecule has 1 rings (SSSR count). The molecule has 68 valence electrons. The van der Waals surface area contributed by atoms with Gasteiger partial charge in [-0.2, -0.15) is 5.26 Å². The lowest BCUT2D eigenvalue weighted by molar-refractivity contribution is 0.500. The van der Waals surface area contributed by atoms with E-state index in [1.807, 2.05) is 0 Å². The lowest BCUT2D eigenvalue weighted by Crippen LogP contribution is -2.36. The van der Waals surface area contributed by atoms with Crippen molar-refractivity contribution in [3.63, 3.8) is 0 Å². The lowest BCUT2D eigenvalue weighted by Gasteiger charge is -2.17. The Morgan fingerprint density at radius 2 is 1.92 bits per heavy atom. The fraction of sp³-hybridized carbons (Fsp3) is 0.125. The molecule has 0 aromatic heterocycles. The smallest absolute Gasteiger partial charge is 0.445 e. The van der Waals surface area contributed by atoms with Crippen LogP contribution in [0.2, 0.25) is 0 Å². The molecule has 0 bridgehead atoms. The van der Waals surface area contributed by atoms with Gasteiger partial charge in [-0.05, 0) is 13.0 Å². The van der Waals surface area contributed by atoms with Crippen molar-refractivity contribution in [3.05, 3.63) is 29.3 Å². The number of nitrogens with zero attached hydrogens (tertiary/aromatic N) is 1. The number of hydrogen-bond donors (Lipinski definition) is 0. The van der Waals surface area contributed by atoms with Crippen LogP contribution in [0.1, 0.15) is 11.1 Å². The fourth-order valence-corrected chi connectivity index (χ4v) is 1.13. The first-order valence-corrected chi connectivity index (χ1v) is 3.66. The van der Waals surface area contributed by atoms with Crippen LogP contribution in [0.3, 0.4) is 0 Å². The van der Waals surface area contributed by atoms with E-state index in [2.05, 4.69) is 0 Å². The van der Waals surface area contributed by atoms with Gasteiger partial charge in [0.1, 0.15) is 0 Å². The molecule has 1 aromatic rings. The number of rotatable bonds is 1. The highest BCUT2D eigenvalue weighted by Gasteiger charge is 2.27. The zero-order valence-corrected chi connectivity index (χ0v) is 6.89. The second-order valence-electron chi connectivity index (χ2n) is 2.71. The van der Waals surface area contributed by atoms with E-state index < -0.39 is 12.4 Å². The minimum absolute atomic E-state index is 0.0116. The Balaban J connectivity index is 3.34. The molecule has 13 heavy (non-hydrogen) atoms. The number of nitriles is 1. The summed E-state index contributed by atoms with van der Waals surface area (Å²) in [5.41, 5.74) is -0.590. The molecule has 0 heterocycles. The standard InChI is InChI=1S/C8H6BF3N/c1-6-7(5-13)3-2-4-8(6)9(10,11)12/h2-4H,1H3/q-1. The van der Waals surface area contributed by atoms with Crippen LogP contribution >= 0.6 is 0 Å². The first-order chi connectivity index (χ1) is 5.96. The highest BCUT2D eigenvalue weighted by molar-refractivity contribution is 6.74. The molecule has 0 aliphatic carbocycles. The van der Waals surface area contributed by atoms with Crippen LogP contribution in [-0.4, -0.2) is 6.98 Å². The summed E-state index contributed by atoms with van der Waals surface area (Å²) in [6.45, 7) is -3.70. The summed E-state index contributed by atoms with van der Waals surface area (Å²) >= 11 is 0. The Morgan fingerprint density at radius 3 is 2.38 bits per heavy atom. The van der Waals surface area contributed by atoms with Gasteiger partial charge < -0.3 is 12.9 Å². The van der Waals surface area contributed by atoms with Crippen molar-refractivity contribution in [2.45, 2.75) is 6.92 Å². The van der Waals surface area contributed by atoms with Gasteiger partial charge in [0, 0.05) is 0 Å². The molecule has 0 saturated heterocycles. The van der Waals surface area contributed by atoms with Crippen molar-refractivity contribution in [2.75, 3.05) is 0 Å². The summed E-state index contributed by atoms with van der Waals surface area (Å²) in [4.78, 5) is 0. The van der Waals surface area contributed by atoms with Gasteiger partial charge in [0.25, 0.3) is 0 Å². The predicted octanol–water partition coefficient (Wildman–Crippen LogP) is 1.92. The lowest BCUT2D eigenvalue weighted by atomic mass is 9.76. The Morgan fingerprint density at radius 1 is 1.31 bits per heavy atom. The number of benzene rings is 1. The highest BCUT2D eigenvalue weighted by Crippen LogP contribution is 2.13. The third-order valence-corrected chi connectivity index (χ3v) is 1.85. The molecule has 5 heteroatoms. The molecule has 0 radical (unpaired) electrons. The minimum Gasteiger partial charge on any atom is -0.445 e. The van der Waals surface area contributed by atoms with Crippen LogP contribution in [0.25, 0.3) is 0 Å². The molecule has 1 nitrogen and oxygen atoms in total. The van der Waals surface area contributed by atoms with Crippen molar-refractivity contribution >= 4 is 12.4 Å². The van der Waals surface area contributed by atoms with E-state index in [1.165, 1.54) is 19.1 Å². The molecule has 0 saturated carbocycles. The maximum Gasteiger partial charge on any atom is 0.509 e. The zero-order valence-electron chi connectivity index (χ0n) is 6.89. The Bertz CT molecular complexity index is 365. The fourth-order valence-electron chi connectivity index (χ4n) is 1.13. The van der Waals surface area contributed by atoms with Crippen LogP contribution in [0.4, 0.5) is 12.9 Å². The SMILES string of the molecule is Cc1c(C#N)cccc1[B-](F)(F)F. The maximum atomic E-state index is 12.3. The molecule has 0 aliphatic heterocycles. The summed E-state index contributed by atoms with van der Waals surface area (Å²) in [6, 6.07) is 5.34. The van der Waals surface area contributed by atoms with E-state index in [0.717, 1.165) is 6.07 Å².